The van der Waals surface area contributed by atoms with Crippen LogP contribution < -0.4 is 5.32 Å². The Morgan fingerprint density at radius 3 is 2.65 bits per heavy atom. The molecule has 2 heterocycles. The fourth-order valence-electron chi connectivity index (χ4n) is 3.01. The highest BCUT2D eigenvalue weighted by atomic mass is 79.9. The summed E-state index contributed by atoms with van der Waals surface area (Å²) in [4.78, 5) is 2.57. The number of piperidine rings is 1. The molecule has 0 radical (unpaired) electrons. The molecule has 1 N–H and O–H groups in total. The molecular weight excluding hydrogens is 316 g/mol. The molecule has 0 aromatic carbocycles. The minimum Gasteiger partial charge on any atom is -0.320 e. The van der Waals surface area contributed by atoms with Crippen LogP contribution in [-0.4, -0.2) is 41.4 Å². The summed E-state index contributed by atoms with van der Waals surface area (Å²) in [6, 6.07) is 0. The van der Waals surface area contributed by atoms with Gasteiger partial charge in [0.2, 0.25) is 0 Å². The summed E-state index contributed by atoms with van der Waals surface area (Å²) in [5.74, 6) is 0.903. The molecule has 0 atom stereocenters. The fourth-order valence-corrected chi connectivity index (χ4v) is 3.42. The third-order valence-corrected chi connectivity index (χ3v) is 5.37. The lowest BCUT2D eigenvalue weighted by Gasteiger charge is -2.32. The van der Waals surface area contributed by atoms with E-state index in [0.717, 1.165) is 31.2 Å². The SMILES string of the molecule is CCn1nc(C)c(Br)c1CN1CCC(CCNC)CC1. The second-order valence-corrected chi connectivity index (χ2v) is 6.57. The lowest BCUT2D eigenvalue weighted by atomic mass is 9.93. The minimum atomic E-state index is 0.903. The Hall–Kier alpha value is -0.390. The molecule has 1 fully saturated rings. The molecule has 1 aromatic rings. The van der Waals surface area contributed by atoms with Crippen molar-refractivity contribution in [1.29, 1.82) is 0 Å². The van der Waals surface area contributed by atoms with Gasteiger partial charge >= 0.3 is 0 Å². The van der Waals surface area contributed by atoms with E-state index >= 15 is 0 Å². The van der Waals surface area contributed by atoms with Crippen LogP contribution in [0.4, 0.5) is 0 Å². The molecule has 1 aliphatic rings. The summed E-state index contributed by atoms with van der Waals surface area (Å²) < 4.78 is 3.32. The summed E-state index contributed by atoms with van der Waals surface area (Å²) >= 11 is 3.70. The molecule has 1 aromatic heterocycles. The van der Waals surface area contributed by atoms with Crippen molar-refractivity contribution in [3.8, 4) is 0 Å². The molecule has 0 aliphatic carbocycles. The summed E-state index contributed by atoms with van der Waals surface area (Å²) in [6.07, 6.45) is 3.98. The maximum atomic E-state index is 4.58. The van der Waals surface area contributed by atoms with Crippen LogP contribution >= 0.6 is 15.9 Å². The van der Waals surface area contributed by atoms with Gasteiger partial charge in [0.25, 0.3) is 0 Å². The molecule has 0 spiro atoms. The van der Waals surface area contributed by atoms with E-state index in [0.29, 0.717) is 0 Å². The van der Waals surface area contributed by atoms with E-state index in [-0.39, 0.29) is 0 Å². The maximum absolute atomic E-state index is 4.58. The van der Waals surface area contributed by atoms with Gasteiger partial charge in [-0.1, -0.05) is 0 Å². The topological polar surface area (TPSA) is 33.1 Å². The van der Waals surface area contributed by atoms with Crippen LogP contribution in [-0.2, 0) is 13.1 Å². The van der Waals surface area contributed by atoms with Gasteiger partial charge < -0.3 is 5.32 Å². The maximum Gasteiger partial charge on any atom is 0.0739 e. The number of halogens is 1. The number of nitrogens with one attached hydrogen (secondary N) is 1. The molecule has 0 unspecified atom stereocenters. The van der Waals surface area contributed by atoms with Gasteiger partial charge in [0.15, 0.2) is 0 Å². The zero-order valence-electron chi connectivity index (χ0n) is 13.0. The number of hydrogen-bond acceptors (Lipinski definition) is 3. The van der Waals surface area contributed by atoms with Crippen molar-refractivity contribution < 1.29 is 0 Å². The van der Waals surface area contributed by atoms with Crippen LogP contribution in [0, 0.1) is 12.8 Å². The van der Waals surface area contributed by atoms with Crippen LogP contribution in [0.15, 0.2) is 4.47 Å². The van der Waals surface area contributed by atoms with Gasteiger partial charge in [0.05, 0.1) is 15.9 Å². The molecule has 5 heteroatoms. The molecule has 0 amide bonds. The average molecular weight is 343 g/mol. The van der Waals surface area contributed by atoms with Gasteiger partial charge in [-0.2, -0.15) is 5.10 Å². The third kappa shape index (κ3) is 3.83. The molecule has 0 bridgehead atoms. The zero-order chi connectivity index (χ0) is 14.5. The lowest BCUT2D eigenvalue weighted by Crippen LogP contribution is -2.34. The molecule has 114 valence electrons. The minimum absolute atomic E-state index is 0.903. The molecular formula is C15H27BrN4. The Balaban J connectivity index is 1.89. The summed E-state index contributed by atoms with van der Waals surface area (Å²) in [6.45, 7) is 9.78. The number of rotatable bonds is 6. The summed E-state index contributed by atoms with van der Waals surface area (Å²) in [7, 11) is 2.04. The average Bonchev–Trinajstić information content (AvgIpc) is 2.74. The Kier molecular flexibility index (Phi) is 6.05. The highest BCUT2D eigenvalue weighted by Crippen LogP contribution is 2.26. The Morgan fingerprint density at radius 1 is 1.35 bits per heavy atom. The van der Waals surface area contributed by atoms with E-state index in [1.54, 1.807) is 0 Å². The van der Waals surface area contributed by atoms with Crippen LogP contribution in [0.3, 0.4) is 0 Å². The first-order valence-corrected chi connectivity index (χ1v) is 8.53. The van der Waals surface area contributed by atoms with E-state index in [2.05, 4.69) is 49.8 Å². The highest BCUT2D eigenvalue weighted by molar-refractivity contribution is 9.10. The first-order valence-electron chi connectivity index (χ1n) is 7.74. The van der Waals surface area contributed by atoms with E-state index in [4.69, 9.17) is 0 Å². The smallest absolute Gasteiger partial charge is 0.0739 e. The van der Waals surface area contributed by atoms with Gasteiger partial charge in [0.1, 0.15) is 0 Å². The molecule has 4 nitrogen and oxygen atoms in total. The van der Waals surface area contributed by atoms with Crippen molar-refractivity contribution in [1.82, 2.24) is 20.0 Å². The number of likely N-dealkylation sites (tertiary alicyclic amines) is 1. The molecule has 1 saturated heterocycles. The number of aryl methyl sites for hydroxylation is 2. The van der Waals surface area contributed by atoms with Crippen LogP contribution in [0.25, 0.3) is 0 Å². The van der Waals surface area contributed by atoms with Crippen molar-refractivity contribution in [2.24, 2.45) is 5.92 Å². The van der Waals surface area contributed by atoms with Crippen LogP contribution in [0.1, 0.15) is 37.6 Å². The first kappa shape index (κ1) is 16.0. The van der Waals surface area contributed by atoms with E-state index < -0.39 is 0 Å². The summed E-state index contributed by atoms with van der Waals surface area (Å²) in [5, 5.41) is 7.84. The van der Waals surface area contributed by atoms with E-state index in [9.17, 15) is 0 Å². The van der Waals surface area contributed by atoms with Crippen molar-refractivity contribution >= 4 is 15.9 Å². The Bertz CT molecular complexity index is 422. The quantitative estimate of drug-likeness (QED) is 0.862. The van der Waals surface area contributed by atoms with Gasteiger partial charge in [-0.15, -0.1) is 0 Å². The largest absolute Gasteiger partial charge is 0.320 e. The monoisotopic (exact) mass is 342 g/mol. The number of aromatic nitrogens is 2. The first-order chi connectivity index (χ1) is 9.65. The van der Waals surface area contributed by atoms with Crippen LogP contribution in [0.5, 0.6) is 0 Å². The van der Waals surface area contributed by atoms with Crippen molar-refractivity contribution in [3.63, 3.8) is 0 Å². The Labute approximate surface area is 131 Å². The third-order valence-electron chi connectivity index (χ3n) is 4.34. The van der Waals surface area contributed by atoms with Gasteiger partial charge in [-0.3, -0.25) is 9.58 Å². The lowest BCUT2D eigenvalue weighted by molar-refractivity contribution is 0.168. The van der Waals surface area contributed by atoms with E-state index in [1.165, 1.54) is 42.5 Å². The van der Waals surface area contributed by atoms with Crippen molar-refractivity contribution in [2.75, 3.05) is 26.7 Å². The second-order valence-electron chi connectivity index (χ2n) is 5.77. The molecule has 0 saturated carbocycles. The van der Waals surface area contributed by atoms with Crippen molar-refractivity contribution in [2.45, 2.75) is 46.2 Å². The van der Waals surface area contributed by atoms with Gasteiger partial charge in [-0.25, -0.2) is 0 Å². The fraction of sp³-hybridized carbons (Fsp3) is 0.800. The molecule has 20 heavy (non-hydrogen) atoms. The standard InChI is InChI=1S/C15H27BrN4/c1-4-20-14(15(16)12(2)18-20)11-19-9-6-13(7-10-19)5-8-17-3/h13,17H,4-11H2,1-3H3. The molecule has 2 rings (SSSR count). The number of nitrogens with zero attached hydrogens (tertiary/aromatic N) is 3. The molecule has 1 aliphatic heterocycles. The highest BCUT2D eigenvalue weighted by Gasteiger charge is 2.21. The van der Waals surface area contributed by atoms with Crippen molar-refractivity contribution in [3.05, 3.63) is 15.9 Å². The van der Waals surface area contributed by atoms with Gasteiger partial charge in [0, 0.05) is 13.1 Å². The Morgan fingerprint density at radius 2 is 2.05 bits per heavy atom. The normalized spacial score (nSPS) is 17.8. The predicted octanol–water partition coefficient (Wildman–Crippen LogP) is 2.80. The zero-order valence-corrected chi connectivity index (χ0v) is 14.5. The van der Waals surface area contributed by atoms with Gasteiger partial charge in [-0.05, 0) is 81.6 Å². The van der Waals surface area contributed by atoms with Crippen LogP contribution in [0.2, 0.25) is 0 Å². The van der Waals surface area contributed by atoms with E-state index in [1.807, 2.05) is 7.05 Å². The number of hydrogen-bond donors (Lipinski definition) is 1. The summed E-state index contributed by atoms with van der Waals surface area (Å²) in [5.41, 5.74) is 2.43. The second kappa shape index (κ2) is 7.57. The predicted molar refractivity (Wildman–Crippen MR) is 86.9 cm³/mol.